The highest BCUT2D eigenvalue weighted by Crippen LogP contribution is 2.29. The maximum Gasteiger partial charge on any atom is 0.335 e. The Morgan fingerprint density at radius 3 is 2.89 bits per heavy atom. The standard InChI is InChI=1S/C12H9N3O2S/c1-15-5-4-9(14-15)11-13-8-3-2-7(12(16)17)6-10(8)18-11/h2-6H,1H3,(H,16,17). The van der Waals surface area contributed by atoms with E-state index in [0.717, 1.165) is 20.9 Å². The van der Waals surface area contributed by atoms with Crippen LogP contribution in [0.3, 0.4) is 0 Å². The molecule has 90 valence electrons. The van der Waals surface area contributed by atoms with Gasteiger partial charge in [-0.2, -0.15) is 5.10 Å². The molecule has 6 heteroatoms. The minimum atomic E-state index is -0.926. The van der Waals surface area contributed by atoms with Gasteiger partial charge in [0.15, 0.2) is 0 Å². The second-order valence-corrected chi connectivity index (χ2v) is 4.91. The van der Waals surface area contributed by atoms with E-state index in [2.05, 4.69) is 10.1 Å². The molecule has 0 radical (unpaired) electrons. The van der Waals surface area contributed by atoms with Gasteiger partial charge in [-0.3, -0.25) is 4.68 Å². The predicted molar refractivity (Wildman–Crippen MR) is 68.8 cm³/mol. The maximum atomic E-state index is 10.9. The van der Waals surface area contributed by atoms with Crippen molar-refractivity contribution in [3.8, 4) is 10.7 Å². The second-order valence-electron chi connectivity index (χ2n) is 3.88. The number of aromatic nitrogens is 3. The van der Waals surface area contributed by atoms with Crippen molar-refractivity contribution in [2.45, 2.75) is 0 Å². The molecule has 0 aliphatic heterocycles. The first-order valence-corrected chi connectivity index (χ1v) is 6.09. The summed E-state index contributed by atoms with van der Waals surface area (Å²) in [6.07, 6.45) is 1.85. The Kier molecular flexibility index (Phi) is 2.38. The van der Waals surface area contributed by atoms with E-state index >= 15 is 0 Å². The number of hydrogen-bond acceptors (Lipinski definition) is 4. The molecule has 0 amide bonds. The number of carboxylic acids is 1. The molecule has 1 N–H and O–H groups in total. The van der Waals surface area contributed by atoms with E-state index in [4.69, 9.17) is 5.11 Å². The molecule has 0 saturated heterocycles. The maximum absolute atomic E-state index is 10.9. The van der Waals surface area contributed by atoms with Crippen molar-refractivity contribution in [3.63, 3.8) is 0 Å². The quantitative estimate of drug-likeness (QED) is 0.767. The number of aryl methyl sites for hydroxylation is 1. The van der Waals surface area contributed by atoms with Crippen LogP contribution >= 0.6 is 11.3 Å². The van der Waals surface area contributed by atoms with Gasteiger partial charge in [-0.15, -0.1) is 11.3 Å². The zero-order valence-electron chi connectivity index (χ0n) is 9.49. The first-order valence-electron chi connectivity index (χ1n) is 5.27. The van der Waals surface area contributed by atoms with Crippen molar-refractivity contribution in [2.75, 3.05) is 0 Å². The average molecular weight is 259 g/mol. The Morgan fingerprint density at radius 2 is 2.22 bits per heavy atom. The third kappa shape index (κ3) is 1.76. The number of hydrogen-bond donors (Lipinski definition) is 1. The number of fused-ring (bicyclic) bond motifs is 1. The number of carbonyl (C=O) groups is 1. The van der Waals surface area contributed by atoms with Crippen LogP contribution in [-0.2, 0) is 7.05 Å². The van der Waals surface area contributed by atoms with Crippen LogP contribution in [0.15, 0.2) is 30.5 Å². The third-order valence-corrected chi connectivity index (χ3v) is 3.61. The molecule has 2 heterocycles. The van der Waals surface area contributed by atoms with Gasteiger partial charge in [0.05, 0.1) is 15.8 Å². The second kappa shape index (κ2) is 3.92. The lowest BCUT2D eigenvalue weighted by atomic mass is 10.2. The summed E-state index contributed by atoms with van der Waals surface area (Å²) in [5.74, 6) is -0.926. The van der Waals surface area contributed by atoms with Crippen LogP contribution in [0.25, 0.3) is 20.9 Å². The van der Waals surface area contributed by atoms with Gasteiger partial charge >= 0.3 is 5.97 Å². The summed E-state index contributed by atoms with van der Waals surface area (Å²) in [6, 6.07) is 6.81. The molecule has 2 aromatic heterocycles. The molecule has 0 bridgehead atoms. The zero-order valence-corrected chi connectivity index (χ0v) is 10.3. The first-order chi connectivity index (χ1) is 8.63. The number of thiazole rings is 1. The van der Waals surface area contributed by atoms with Gasteiger partial charge < -0.3 is 5.11 Å². The summed E-state index contributed by atoms with van der Waals surface area (Å²) < 4.78 is 2.57. The predicted octanol–water partition coefficient (Wildman–Crippen LogP) is 2.39. The van der Waals surface area contributed by atoms with Crippen molar-refractivity contribution < 1.29 is 9.90 Å². The summed E-state index contributed by atoms with van der Waals surface area (Å²) in [5.41, 5.74) is 1.87. The van der Waals surface area contributed by atoms with Crippen LogP contribution in [0, 0.1) is 0 Å². The molecule has 0 spiro atoms. The van der Waals surface area contributed by atoms with E-state index in [-0.39, 0.29) is 5.56 Å². The lowest BCUT2D eigenvalue weighted by molar-refractivity contribution is 0.0697. The molecule has 0 aliphatic rings. The van der Waals surface area contributed by atoms with Crippen LogP contribution in [0.4, 0.5) is 0 Å². The summed E-state index contributed by atoms with van der Waals surface area (Å²) >= 11 is 1.44. The van der Waals surface area contributed by atoms with Gasteiger partial charge in [-0.25, -0.2) is 9.78 Å². The Balaban J connectivity index is 2.13. The fourth-order valence-corrected chi connectivity index (χ4v) is 2.67. The van der Waals surface area contributed by atoms with Crippen molar-refractivity contribution in [1.82, 2.24) is 14.8 Å². The highest BCUT2D eigenvalue weighted by molar-refractivity contribution is 7.21. The molecular formula is C12H9N3O2S. The lowest BCUT2D eigenvalue weighted by Gasteiger charge is -1.91. The van der Waals surface area contributed by atoms with Crippen LogP contribution < -0.4 is 0 Å². The molecule has 5 nitrogen and oxygen atoms in total. The Labute approximate surface area is 106 Å². The lowest BCUT2D eigenvalue weighted by Crippen LogP contribution is -1.94. The van der Waals surface area contributed by atoms with Gasteiger partial charge in [-0.1, -0.05) is 0 Å². The molecular weight excluding hydrogens is 250 g/mol. The van der Waals surface area contributed by atoms with Crippen molar-refractivity contribution in [1.29, 1.82) is 0 Å². The number of benzene rings is 1. The average Bonchev–Trinajstić information content (AvgIpc) is 2.93. The Bertz CT molecular complexity index is 745. The van der Waals surface area contributed by atoms with Crippen molar-refractivity contribution in [2.24, 2.45) is 7.05 Å². The van der Waals surface area contributed by atoms with E-state index in [0.29, 0.717) is 0 Å². The highest BCUT2D eigenvalue weighted by atomic mass is 32.1. The van der Waals surface area contributed by atoms with Crippen LogP contribution in [0.2, 0.25) is 0 Å². The molecule has 0 aliphatic carbocycles. The van der Waals surface area contributed by atoms with E-state index in [1.807, 2.05) is 19.3 Å². The van der Waals surface area contributed by atoms with Gasteiger partial charge in [0.25, 0.3) is 0 Å². The topological polar surface area (TPSA) is 68.0 Å². The van der Waals surface area contributed by atoms with E-state index < -0.39 is 5.97 Å². The summed E-state index contributed by atoms with van der Waals surface area (Å²) in [6.45, 7) is 0. The van der Waals surface area contributed by atoms with Crippen molar-refractivity contribution in [3.05, 3.63) is 36.0 Å². The monoisotopic (exact) mass is 259 g/mol. The Morgan fingerprint density at radius 1 is 1.39 bits per heavy atom. The number of carboxylic acid groups (broad SMARTS) is 1. The third-order valence-electron chi connectivity index (χ3n) is 2.57. The molecule has 0 saturated carbocycles. The molecule has 1 aromatic carbocycles. The van der Waals surface area contributed by atoms with E-state index in [1.54, 1.807) is 22.9 Å². The van der Waals surface area contributed by atoms with Gasteiger partial charge in [0.1, 0.15) is 10.7 Å². The molecule has 18 heavy (non-hydrogen) atoms. The normalized spacial score (nSPS) is 10.9. The summed E-state index contributed by atoms with van der Waals surface area (Å²) in [7, 11) is 1.85. The van der Waals surface area contributed by atoms with Gasteiger partial charge in [-0.05, 0) is 24.3 Å². The Hall–Kier alpha value is -2.21. The summed E-state index contributed by atoms with van der Waals surface area (Å²) in [5, 5.41) is 14.0. The fourth-order valence-electron chi connectivity index (χ4n) is 1.70. The van der Waals surface area contributed by atoms with Crippen LogP contribution in [0.5, 0.6) is 0 Å². The number of aromatic carboxylic acids is 1. The molecule has 3 aromatic rings. The zero-order chi connectivity index (χ0) is 12.7. The van der Waals surface area contributed by atoms with E-state index in [1.165, 1.54) is 11.3 Å². The molecule has 0 unspecified atom stereocenters. The summed E-state index contributed by atoms with van der Waals surface area (Å²) in [4.78, 5) is 15.3. The highest BCUT2D eigenvalue weighted by Gasteiger charge is 2.10. The first kappa shape index (κ1) is 10.9. The minimum absolute atomic E-state index is 0.277. The van der Waals surface area contributed by atoms with Crippen LogP contribution in [0.1, 0.15) is 10.4 Å². The van der Waals surface area contributed by atoms with Gasteiger partial charge in [0, 0.05) is 13.2 Å². The van der Waals surface area contributed by atoms with Gasteiger partial charge in [0.2, 0.25) is 0 Å². The molecule has 0 fully saturated rings. The SMILES string of the molecule is Cn1ccc(-c2nc3ccc(C(=O)O)cc3s2)n1. The smallest absolute Gasteiger partial charge is 0.335 e. The minimum Gasteiger partial charge on any atom is -0.478 e. The molecule has 3 rings (SSSR count). The number of rotatable bonds is 2. The fraction of sp³-hybridized carbons (Fsp3) is 0.0833. The van der Waals surface area contributed by atoms with E-state index in [9.17, 15) is 4.79 Å². The van der Waals surface area contributed by atoms with Crippen LogP contribution in [-0.4, -0.2) is 25.8 Å². The van der Waals surface area contributed by atoms with Crippen molar-refractivity contribution >= 4 is 27.5 Å². The largest absolute Gasteiger partial charge is 0.478 e. The molecule has 0 atom stereocenters. The number of nitrogens with zero attached hydrogens (tertiary/aromatic N) is 3.